The minimum absolute atomic E-state index is 0.563. The molecule has 0 saturated carbocycles. The molecular formula is C12H20N4O2. The van der Waals surface area contributed by atoms with Crippen LogP contribution in [0.2, 0.25) is 0 Å². The predicted octanol–water partition coefficient (Wildman–Crippen LogP) is -0.0585. The lowest BCUT2D eigenvalue weighted by atomic mass is 10.2. The average molecular weight is 252 g/mol. The van der Waals surface area contributed by atoms with Gasteiger partial charge in [-0.1, -0.05) is 0 Å². The minimum Gasteiger partial charge on any atom is -0.371 e. The van der Waals surface area contributed by atoms with E-state index in [9.17, 15) is 5.11 Å². The van der Waals surface area contributed by atoms with Crippen LogP contribution in [0.4, 0.5) is 5.69 Å². The number of aromatic nitrogens is 1. The van der Waals surface area contributed by atoms with Crippen LogP contribution in [0.15, 0.2) is 12.1 Å². The molecule has 6 heteroatoms. The molecule has 0 aliphatic carbocycles. The van der Waals surface area contributed by atoms with Crippen LogP contribution in [0.3, 0.4) is 0 Å². The molecule has 100 valence electrons. The fraction of sp³-hybridized carbons (Fsp3) is 0.583. The Balaban J connectivity index is 2.13. The van der Waals surface area contributed by atoms with Crippen molar-refractivity contribution in [1.29, 1.82) is 0 Å². The normalized spacial score (nSPS) is 17.8. The summed E-state index contributed by atoms with van der Waals surface area (Å²) in [6.07, 6.45) is -0.897. The molecule has 0 radical (unpaired) electrons. The second-order valence-electron chi connectivity index (χ2n) is 4.30. The number of piperazine rings is 1. The van der Waals surface area contributed by atoms with Gasteiger partial charge in [0.2, 0.25) is 0 Å². The molecule has 2 rings (SSSR count). The highest BCUT2D eigenvalue weighted by molar-refractivity contribution is 5.51. The van der Waals surface area contributed by atoms with E-state index < -0.39 is 6.23 Å². The second kappa shape index (κ2) is 6.10. The number of pyridine rings is 1. The highest BCUT2D eigenvalue weighted by Gasteiger charge is 2.15. The van der Waals surface area contributed by atoms with Gasteiger partial charge in [-0.2, -0.15) is 5.48 Å². The molecule has 3 N–H and O–H groups in total. The van der Waals surface area contributed by atoms with E-state index >= 15 is 0 Å². The van der Waals surface area contributed by atoms with E-state index in [0.717, 1.165) is 37.6 Å². The first kappa shape index (κ1) is 13.2. The van der Waals surface area contributed by atoms with E-state index in [-0.39, 0.29) is 0 Å². The van der Waals surface area contributed by atoms with Crippen molar-refractivity contribution in [3.05, 3.63) is 23.5 Å². The molecule has 6 nitrogen and oxygen atoms in total. The summed E-state index contributed by atoms with van der Waals surface area (Å²) in [4.78, 5) is 11.4. The Morgan fingerprint density at radius 2 is 2.17 bits per heavy atom. The van der Waals surface area contributed by atoms with Gasteiger partial charge in [0, 0.05) is 26.2 Å². The maximum absolute atomic E-state index is 9.72. The van der Waals surface area contributed by atoms with Crippen molar-refractivity contribution in [3.8, 4) is 0 Å². The zero-order valence-electron chi connectivity index (χ0n) is 10.8. The van der Waals surface area contributed by atoms with Gasteiger partial charge in [-0.25, -0.2) is 0 Å². The molecular weight excluding hydrogens is 232 g/mol. The Morgan fingerprint density at radius 3 is 2.78 bits per heavy atom. The van der Waals surface area contributed by atoms with Crippen LogP contribution in [0.5, 0.6) is 0 Å². The fourth-order valence-corrected chi connectivity index (χ4v) is 2.14. The zero-order valence-corrected chi connectivity index (χ0v) is 10.8. The molecule has 1 saturated heterocycles. The van der Waals surface area contributed by atoms with Crippen LogP contribution in [-0.2, 0) is 4.84 Å². The van der Waals surface area contributed by atoms with Crippen molar-refractivity contribution in [2.45, 2.75) is 13.2 Å². The van der Waals surface area contributed by atoms with E-state index in [1.165, 1.54) is 7.11 Å². The molecule has 1 fully saturated rings. The highest BCUT2D eigenvalue weighted by atomic mass is 16.7. The van der Waals surface area contributed by atoms with E-state index in [0.29, 0.717) is 5.69 Å². The summed E-state index contributed by atoms with van der Waals surface area (Å²) in [6, 6.07) is 3.82. The maximum atomic E-state index is 9.72. The van der Waals surface area contributed by atoms with Crippen LogP contribution in [-0.4, -0.2) is 43.4 Å². The molecule has 1 aliphatic rings. The van der Waals surface area contributed by atoms with Gasteiger partial charge >= 0.3 is 0 Å². The number of nitrogens with one attached hydrogen (secondary N) is 2. The van der Waals surface area contributed by atoms with E-state index in [2.05, 4.69) is 25.5 Å². The Labute approximate surface area is 107 Å². The lowest BCUT2D eigenvalue weighted by Gasteiger charge is -2.30. The summed E-state index contributed by atoms with van der Waals surface area (Å²) >= 11 is 0. The molecule has 18 heavy (non-hydrogen) atoms. The largest absolute Gasteiger partial charge is 0.371 e. The lowest BCUT2D eigenvalue weighted by Crippen LogP contribution is -2.43. The van der Waals surface area contributed by atoms with E-state index in [4.69, 9.17) is 0 Å². The van der Waals surface area contributed by atoms with Crippen molar-refractivity contribution in [2.24, 2.45) is 0 Å². The average Bonchev–Trinajstić information content (AvgIpc) is 2.40. The molecule has 0 aromatic carbocycles. The summed E-state index contributed by atoms with van der Waals surface area (Å²) in [5, 5.41) is 13.0. The number of rotatable bonds is 4. The monoisotopic (exact) mass is 252 g/mol. The first-order chi connectivity index (χ1) is 8.72. The smallest absolute Gasteiger partial charge is 0.169 e. The minimum atomic E-state index is -0.897. The molecule has 1 atom stereocenters. The summed E-state index contributed by atoms with van der Waals surface area (Å²) < 4.78 is 0. The number of aliphatic hydroxyl groups is 1. The summed E-state index contributed by atoms with van der Waals surface area (Å²) in [7, 11) is 1.46. The Bertz CT molecular complexity index is 394. The Hall–Kier alpha value is -1.21. The molecule has 1 aromatic heterocycles. The molecule has 1 aliphatic heterocycles. The van der Waals surface area contributed by atoms with E-state index in [1.807, 2.05) is 19.1 Å². The summed E-state index contributed by atoms with van der Waals surface area (Å²) in [5.74, 6) is 0. The summed E-state index contributed by atoms with van der Waals surface area (Å²) in [5.41, 5.74) is 5.07. The highest BCUT2D eigenvalue weighted by Crippen LogP contribution is 2.20. The van der Waals surface area contributed by atoms with Gasteiger partial charge in [0.1, 0.15) is 0 Å². The van der Waals surface area contributed by atoms with Gasteiger partial charge in [-0.3, -0.25) is 4.98 Å². The summed E-state index contributed by atoms with van der Waals surface area (Å²) in [6.45, 7) is 5.92. The quantitative estimate of drug-likeness (QED) is 0.515. The molecule has 2 heterocycles. The van der Waals surface area contributed by atoms with Crippen LogP contribution < -0.4 is 15.7 Å². The molecule has 0 amide bonds. The van der Waals surface area contributed by atoms with Crippen molar-refractivity contribution in [2.75, 3.05) is 38.2 Å². The fourth-order valence-electron chi connectivity index (χ4n) is 2.14. The molecule has 0 bridgehead atoms. The first-order valence-corrected chi connectivity index (χ1v) is 6.12. The lowest BCUT2D eigenvalue weighted by molar-refractivity contribution is -0.0341. The van der Waals surface area contributed by atoms with Crippen molar-refractivity contribution in [3.63, 3.8) is 0 Å². The standard InChI is InChI=1S/C12H20N4O2/c1-9-11(16-7-5-13-6-8-16)4-3-10(14-9)12(17)15-18-2/h3-4,12-13,15,17H,5-8H2,1-2H3. The zero-order chi connectivity index (χ0) is 13.0. The molecule has 1 unspecified atom stereocenters. The third kappa shape index (κ3) is 2.97. The molecule has 1 aromatic rings. The SMILES string of the molecule is CONC(O)c1ccc(N2CCNCC2)c(C)n1. The van der Waals surface area contributed by atoms with Crippen LogP contribution >= 0.6 is 0 Å². The number of hydrogen-bond acceptors (Lipinski definition) is 6. The first-order valence-electron chi connectivity index (χ1n) is 6.12. The number of hydrogen-bond donors (Lipinski definition) is 3. The van der Waals surface area contributed by atoms with Crippen molar-refractivity contribution < 1.29 is 9.94 Å². The number of nitrogens with zero attached hydrogens (tertiary/aromatic N) is 2. The number of aryl methyl sites for hydroxylation is 1. The maximum Gasteiger partial charge on any atom is 0.169 e. The number of anilines is 1. The van der Waals surface area contributed by atoms with Gasteiger partial charge in [-0.05, 0) is 19.1 Å². The van der Waals surface area contributed by atoms with Gasteiger partial charge in [-0.15, -0.1) is 0 Å². The molecule has 0 spiro atoms. The van der Waals surface area contributed by atoms with Gasteiger partial charge in [0.15, 0.2) is 6.23 Å². The Morgan fingerprint density at radius 1 is 1.44 bits per heavy atom. The van der Waals surface area contributed by atoms with Crippen LogP contribution in [0.25, 0.3) is 0 Å². The predicted molar refractivity (Wildman–Crippen MR) is 69.2 cm³/mol. The van der Waals surface area contributed by atoms with E-state index in [1.54, 1.807) is 0 Å². The number of aliphatic hydroxyl groups excluding tert-OH is 1. The number of hydroxylamine groups is 1. The van der Waals surface area contributed by atoms with Crippen molar-refractivity contribution in [1.82, 2.24) is 15.8 Å². The second-order valence-corrected chi connectivity index (χ2v) is 4.30. The van der Waals surface area contributed by atoms with Gasteiger partial charge < -0.3 is 20.2 Å². The topological polar surface area (TPSA) is 69.7 Å². The van der Waals surface area contributed by atoms with Crippen LogP contribution in [0, 0.1) is 6.92 Å². The third-order valence-corrected chi connectivity index (χ3v) is 3.05. The van der Waals surface area contributed by atoms with Crippen LogP contribution in [0.1, 0.15) is 17.6 Å². The van der Waals surface area contributed by atoms with Gasteiger partial charge in [0.25, 0.3) is 0 Å². The van der Waals surface area contributed by atoms with Crippen molar-refractivity contribution >= 4 is 5.69 Å². The van der Waals surface area contributed by atoms with Gasteiger partial charge in [0.05, 0.1) is 24.2 Å². The third-order valence-electron chi connectivity index (χ3n) is 3.05. The Kier molecular flexibility index (Phi) is 4.48.